The predicted molar refractivity (Wildman–Crippen MR) is 69.3 cm³/mol. The van der Waals surface area contributed by atoms with Gasteiger partial charge in [0.15, 0.2) is 0 Å². The van der Waals surface area contributed by atoms with Crippen LogP contribution in [0.4, 0.5) is 0 Å². The molecule has 0 spiro atoms. The molecular formula is C12H16BrNO3. The summed E-state index contributed by atoms with van der Waals surface area (Å²) >= 11 is 3.38. The van der Waals surface area contributed by atoms with Crippen molar-refractivity contribution in [3.8, 4) is 5.75 Å². The van der Waals surface area contributed by atoms with Crippen molar-refractivity contribution >= 4 is 21.9 Å². The van der Waals surface area contributed by atoms with E-state index in [9.17, 15) is 4.79 Å². The first-order chi connectivity index (χ1) is 8.02. The summed E-state index contributed by atoms with van der Waals surface area (Å²) in [7, 11) is 3.52. The smallest absolute Gasteiger partial charge is 0.304 e. The van der Waals surface area contributed by atoms with Gasteiger partial charge in [0.2, 0.25) is 0 Å². The maximum atomic E-state index is 10.5. The van der Waals surface area contributed by atoms with Crippen molar-refractivity contribution < 1.29 is 14.6 Å². The largest absolute Gasteiger partial charge is 0.496 e. The summed E-state index contributed by atoms with van der Waals surface area (Å²) in [5, 5.41) is 8.61. The molecule has 0 atom stereocenters. The highest BCUT2D eigenvalue weighted by molar-refractivity contribution is 9.10. The fourth-order valence-electron chi connectivity index (χ4n) is 1.51. The van der Waals surface area contributed by atoms with Gasteiger partial charge in [0.05, 0.1) is 13.5 Å². The molecule has 0 saturated carbocycles. The molecule has 0 fully saturated rings. The predicted octanol–water partition coefficient (Wildman–Crippen LogP) is 2.36. The van der Waals surface area contributed by atoms with Gasteiger partial charge < -0.3 is 14.7 Å². The summed E-state index contributed by atoms with van der Waals surface area (Å²) in [6, 6.07) is 5.82. The fraction of sp³-hybridized carbons (Fsp3) is 0.417. The Morgan fingerprint density at radius 3 is 2.82 bits per heavy atom. The lowest BCUT2D eigenvalue weighted by atomic mass is 10.2. The number of hydrogen-bond donors (Lipinski definition) is 1. The van der Waals surface area contributed by atoms with Crippen molar-refractivity contribution in [2.75, 3.05) is 20.7 Å². The number of carboxylic acid groups (broad SMARTS) is 1. The maximum Gasteiger partial charge on any atom is 0.304 e. The van der Waals surface area contributed by atoms with E-state index in [0.29, 0.717) is 13.1 Å². The van der Waals surface area contributed by atoms with Crippen LogP contribution in [0.1, 0.15) is 12.0 Å². The standard InChI is InChI=1S/C12H16BrNO3/c1-14(6-5-12(15)16)8-9-3-4-10(13)7-11(9)17-2/h3-4,7H,5-6,8H2,1-2H3,(H,15,16). The second-order valence-corrected chi connectivity index (χ2v) is 4.75. The third-order valence-corrected chi connectivity index (χ3v) is 2.89. The number of ether oxygens (including phenoxy) is 1. The molecule has 0 unspecified atom stereocenters. The van der Waals surface area contributed by atoms with E-state index in [1.165, 1.54) is 0 Å². The monoisotopic (exact) mass is 301 g/mol. The lowest BCUT2D eigenvalue weighted by molar-refractivity contribution is -0.137. The summed E-state index contributed by atoms with van der Waals surface area (Å²) < 4.78 is 6.24. The highest BCUT2D eigenvalue weighted by Crippen LogP contribution is 2.24. The average molecular weight is 302 g/mol. The van der Waals surface area contributed by atoms with Crippen molar-refractivity contribution in [1.82, 2.24) is 4.90 Å². The zero-order valence-electron chi connectivity index (χ0n) is 9.94. The SMILES string of the molecule is COc1cc(Br)ccc1CN(C)CCC(=O)O. The maximum absolute atomic E-state index is 10.5. The summed E-state index contributed by atoms with van der Waals surface area (Å²) in [5.74, 6) is 0.0289. The Kier molecular flexibility index (Phi) is 5.44. The van der Waals surface area contributed by atoms with Crippen LogP contribution in [0.2, 0.25) is 0 Å². The Balaban J connectivity index is 2.64. The van der Waals surface area contributed by atoms with Gasteiger partial charge in [-0.3, -0.25) is 4.79 Å². The van der Waals surface area contributed by atoms with E-state index in [-0.39, 0.29) is 6.42 Å². The van der Waals surface area contributed by atoms with E-state index >= 15 is 0 Å². The molecule has 1 aromatic rings. The number of aliphatic carboxylic acids is 1. The fourth-order valence-corrected chi connectivity index (χ4v) is 1.85. The number of methoxy groups -OCH3 is 1. The van der Waals surface area contributed by atoms with E-state index in [1.807, 2.05) is 30.1 Å². The number of nitrogens with zero attached hydrogens (tertiary/aromatic N) is 1. The molecule has 0 aliphatic heterocycles. The van der Waals surface area contributed by atoms with Gasteiger partial charge in [-0.25, -0.2) is 0 Å². The van der Waals surface area contributed by atoms with Crippen LogP contribution in [0, 0.1) is 0 Å². The van der Waals surface area contributed by atoms with Gasteiger partial charge in [0, 0.05) is 23.1 Å². The zero-order valence-corrected chi connectivity index (χ0v) is 11.5. The molecule has 4 nitrogen and oxygen atoms in total. The van der Waals surface area contributed by atoms with Crippen molar-refractivity contribution in [2.45, 2.75) is 13.0 Å². The van der Waals surface area contributed by atoms with Crippen molar-refractivity contribution in [1.29, 1.82) is 0 Å². The zero-order chi connectivity index (χ0) is 12.8. The first-order valence-corrected chi connectivity index (χ1v) is 6.05. The number of carboxylic acids is 1. The van der Waals surface area contributed by atoms with Crippen LogP contribution < -0.4 is 4.74 Å². The van der Waals surface area contributed by atoms with E-state index in [1.54, 1.807) is 7.11 Å². The van der Waals surface area contributed by atoms with Gasteiger partial charge in [0.1, 0.15) is 5.75 Å². The van der Waals surface area contributed by atoms with E-state index in [4.69, 9.17) is 9.84 Å². The van der Waals surface area contributed by atoms with Crippen LogP contribution in [0.3, 0.4) is 0 Å². The summed E-state index contributed by atoms with van der Waals surface area (Å²) in [6.45, 7) is 1.19. The molecule has 5 heteroatoms. The number of hydrogen-bond acceptors (Lipinski definition) is 3. The first kappa shape index (κ1) is 14.0. The van der Waals surface area contributed by atoms with Crippen molar-refractivity contribution in [3.05, 3.63) is 28.2 Å². The molecule has 0 saturated heterocycles. The molecular weight excluding hydrogens is 286 g/mol. The van der Waals surface area contributed by atoms with Crippen molar-refractivity contribution in [2.24, 2.45) is 0 Å². The molecule has 1 N–H and O–H groups in total. The Hall–Kier alpha value is -1.07. The average Bonchev–Trinajstić information content (AvgIpc) is 2.28. The number of carbonyl (C=O) groups is 1. The second kappa shape index (κ2) is 6.61. The molecule has 0 aliphatic rings. The van der Waals surface area contributed by atoms with Crippen LogP contribution in [0.25, 0.3) is 0 Å². The Bertz CT molecular complexity index is 395. The van der Waals surface area contributed by atoms with Gasteiger partial charge in [-0.1, -0.05) is 22.0 Å². The molecule has 94 valence electrons. The summed E-state index contributed by atoms with van der Waals surface area (Å²) in [6.07, 6.45) is 0.148. The molecule has 1 aromatic carbocycles. The summed E-state index contributed by atoms with van der Waals surface area (Å²) in [4.78, 5) is 12.4. The highest BCUT2D eigenvalue weighted by atomic mass is 79.9. The Morgan fingerprint density at radius 1 is 1.53 bits per heavy atom. The normalized spacial score (nSPS) is 10.6. The van der Waals surface area contributed by atoms with Gasteiger partial charge in [-0.05, 0) is 19.2 Å². The van der Waals surface area contributed by atoms with Crippen LogP contribution in [-0.4, -0.2) is 36.7 Å². The first-order valence-electron chi connectivity index (χ1n) is 5.25. The van der Waals surface area contributed by atoms with E-state index < -0.39 is 5.97 Å². The van der Waals surface area contributed by atoms with Gasteiger partial charge >= 0.3 is 5.97 Å². The summed E-state index contributed by atoms with van der Waals surface area (Å²) in [5.41, 5.74) is 1.04. The van der Waals surface area contributed by atoms with E-state index in [0.717, 1.165) is 15.8 Å². The van der Waals surface area contributed by atoms with Gasteiger partial charge in [0.25, 0.3) is 0 Å². The molecule has 0 radical (unpaired) electrons. The minimum absolute atomic E-state index is 0.148. The molecule has 17 heavy (non-hydrogen) atoms. The number of benzene rings is 1. The third-order valence-electron chi connectivity index (χ3n) is 2.40. The Morgan fingerprint density at radius 2 is 2.24 bits per heavy atom. The topological polar surface area (TPSA) is 49.8 Å². The molecule has 0 aromatic heterocycles. The number of rotatable bonds is 6. The number of halogens is 1. The minimum Gasteiger partial charge on any atom is -0.496 e. The van der Waals surface area contributed by atoms with Crippen LogP contribution in [-0.2, 0) is 11.3 Å². The second-order valence-electron chi connectivity index (χ2n) is 3.84. The molecule has 0 aliphatic carbocycles. The molecule has 0 heterocycles. The quantitative estimate of drug-likeness (QED) is 0.876. The lowest BCUT2D eigenvalue weighted by Gasteiger charge is -2.17. The molecule has 0 amide bonds. The lowest BCUT2D eigenvalue weighted by Crippen LogP contribution is -2.21. The third kappa shape index (κ3) is 4.75. The van der Waals surface area contributed by atoms with Crippen LogP contribution in [0.15, 0.2) is 22.7 Å². The Labute approximate surface area is 109 Å². The molecule has 1 rings (SSSR count). The molecule has 0 bridgehead atoms. The van der Waals surface area contributed by atoms with Gasteiger partial charge in [-0.2, -0.15) is 0 Å². The van der Waals surface area contributed by atoms with Crippen LogP contribution >= 0.6 is 15.9 Å². The van der Waals surface area contributed by atoms with Gasteiger partial charge in [-0.15, -0.1) is 0 Å². The highest BCUT2D eigenvalue weighted by Gasteiger charge is 2.08. The van der Waals surface area contributed by atoms with E-state index in [2.05, 4.69) is 15.9 Å². The minimum atomic E-state index is -0.778. The van der Waals surface area contributed by atoms with Crippen LogP contribution in [0.5, 0.6) is 5.75 Å². The van der Waals surface area contributed by atoms with Crippen molar-refractivity contribution in [3.63, 3.8) is 0 Å².